The van der Waals surface area contributed by atoms with E-state index in [-0.39, 0.29) is 12.5 Å². The molecule has 8 nitrogen and oxygen atoms in total. The zero-order valence-corrected chi connectivity index (χ0v) is 50.7. The van der Waals surface area contributed by atoms with Crippen LogP contribution in [0.4, 0.5) is 0 Å². The van der Waals surface area contributed by atoms with E-state index in [0.717, 1.165) is 44.9 Å². The molecule has 0 fully saturated rings. The number of likely N-dealkylation sites (N-methyl/N-ethyl adjacent to an activating group) is 1. The molecule has 0 aromatic rings. The fourth-order valence-electron chi connectivity index (χ4n) is 9.48. The molecule has 0 aliphatic rings. The molecule has 0 radical (unpaired) electrons. The van der Waals surface area contributed by atoms with Gasteiger partial charge in [-0.15, -0.1) is 0 Å². The van der Waals surface area contributed by atoms with Crippen molar-refractivity contribution in [3.05, 3.63) is 48.6 Å². The Kier molecular flexibility index (Phi) is 55.0. The highest BCUT2D eigenvalue weighted by atomic mass is 31.2. The second kappa shape index (κ2) is 56.2. The molecule has 0 rings (SSSR count). The van der Waals surface area contributed by atoms with Crippen LogP contribution in [0.15, 0.2) is 48.6 Å². The van der Waals surface area contributed by atoms with Crippen molar-refractivity contribution in [3.8, 4) is 0 Å². The smallest absolute Gasteiger partial charge is 0.268 e. The number of aliphatic hydroxyl groups excluding tert-OH is 1. The summed E-state index contributed by atoms with van der Waals surface area (Å²) in [5.41, 5.74) is 0. The number of unbranched alkanes of at least 4 members (excludes halogenated alkanes) is 40. The van der Waals surface area contributed by atoms with E-state index in [1.54, 1.807) is 6.08 Å². The third kappa shape index (κ3) is 58.1. The monoisotopic (exact) mass is 1060 g/mol. The van der Waals surface area contributed by atoms with E-state index in [1.165, 1.54) is 244 Å². The summed E-state index contributed by atoms with van der Waals surface area (Å²) in [6.07, 6.45) is 75.1. The first kappa shape index (κ1) is 72.5. The molecule has 1 amide bonds. The van der Waals surface area contributed by atoms with Gasteiger partial charge in [-0.2, -0.15) is 0 Å². The minimum absolute atomic E-state index is 0.00859. The highest BCUT2D eigenvalue weighted by Gasteiger charge is 2.23. The second-order valence-electron chi connectivity index (χ2n) is 23.1. The molecule has 9 heteroatoms. The Morgan fingerprint density at radius 3 is 1.09 bits per heavy atom. The normalized spacial score (nSPS) is 14.1. The lowest BCUT2D eigenvalue weighted by Gasteiger charge is -2.29. The van der Waals surface area contributed by atoms with Crippen LogP contribution in [0.3, 0.4) is 0 Å². The van der Waals surface area contributed by atoms with Crippen molar-refractivity contribution in [2.45, 2.75) is 321 Å². The van der Waals surface area contributed by atoms with Crippen molar-refractivity contribution in [2.24, 2.45) is 0 Å². The number of hydrogen-bond acceptors (Lipinski definition) is 6. The van der Waals surface area contributed by atoms with Gasteiger partial charge in [-0.05, 0) is 70.6 Å². The number of rotatable bonds is 59. The maximum absolute atomic E-state index is 13.0. The molecule has 0 bridgehead atoms. The van der Waals surface area contributed by atoms with Crippen LogP contribution >= 0.6 is 7.82 Å². The Morgan fingerprint density at radius 1 is 0.459 bits per heavy atom. The number of nitrogens with one attached hydrogen (secondary N) is 1. The van der Waals surface area contributed by atoms with Gasteiger partial charge in [0, 0.05) is 6.42 Å². The number of nitrogens with zero attached hydrogens (tertiary/aromatic N) is 1. The summed E-state index contributed by atoms with van der Waals surface area (Å²) in [5.74, 6) is -0.207. The fourth-order valence-corrected chi connectivity index (χ4v) is 10.2. The van der Waals surface area contributed by atoms with Gasteiger partial charge < -0.3 is 28.8 Å². The van der Waals surface area contributed by atoms with Gasteiger partial charge in [0.2, 0.25) is 5.91 Å². The molecule has 0 aliphatic carbocycles. The van der Waals surface area contributed by atoms with Gasteiger partial charge in [0.25, 0.3) is 7.82 Å². The molecule has 0 saturated carbocycles. The van der Waals surface area contributed by atoms with E-state index in [9.17, 15) is 19.4 Å². The maximum Gasteiger partial charge on any atom is 0.268 e. The summed E-state index contributed by atoms with van der Waals surface area (Å²) >= 11 is 0. The SMILES string of the molecule is CCCCCCCCCCCC/C=C/CC/C=C/CC/C=C/C(O)C(COP(=O)([O-])OCC[N+](C)(C)C)NC(=O)CCCCCCCCCCCCCCCCCC/C=C\CCCCCCCCCCCCCC. The summed E-state index contributed by atoms with van der Waals surface area (Å²) < 4.78 is 23.4. The van der Waals surface area contributed by atoms with Crippen LogP contribution in [0, 0.1) is 0 Å². The van der Waals surface area contributed by atoms with E-state index in [1.807, 2.05) is 27.2 Å². The molecule has 0 heterocycles. The van der Waals surface area contributed by atoms with Gasteiger partial charge in [-0.25, -0.2) is 0 Å². The molecular weight excluding hydrogens is 936 g/mol. The van der Waals surface area contributed by atoms with Crippen LogP contribution < -0.4 is 10.2 Å². The van der Waals surface area contributed by atoms with Crippen molar-refractivity contribution in [3.63, 3.8) is 0 Å². The Morgan fingerprint density at radius 2 is 0.757 bits per heavy atom. The van der Waals surface area contributed by atoms with Gasteiger partial charge in [0.05, 0.1) is 39.9 Å². The van der Waals surface area contributed by atoms with Crippen molar-refractivity contribution >= 4 is 13.7 Å². The molecule has 0 spiro atoms. The number of carbonyl (C=O) groups excluding carboxylic acids is 1. The minimum atomic E-state index is -4.61. The highest BCUT2D eigenvalue weighted by molar-refractivity contribution is 7.45. The van der Waals surface area contributed by atoms with Crippen molar-refractivity contribution in [1.29, 1.82) is 0 Å². The number of allylic oxidation sites excluding steroid dienone is 7. The largest absolute Gasteiger partial charge is 0.756 e. The quantitative estimate of drug-likeness (QED) is 0.0272. The summed E-state index contributed by atoms with van der Waals surface area (Å²) in [6.45, 7) is 4.66. The van der Waals surface area contributed by atoms with Gasteiger partial charge in [-0.1, -0.05) is 281 Å². The number of amides is 1. The predicted molar refractivity (Wildman–Crippen MR) is 321 cm³/mol. The second-order valence-corrected chi connectivity index (χ2v) is 24.5. The van der Waals surface area contributed by atoms with Crippen LogP contribution in [-0.2, 0) is 18.4 Å². The molecule has 3 unspecified atom stereocenters. The number of carbonyl (C=O) groups is 1. The first-order valence-corrected chi connectivity index (χ1v) is 33.5. The summed E-state index contributed by atoms with van der Waals surface area (Å²) in [4.78, 5) is 25.5. The summed E-state index contributed by atoms with van der Waals surface area (Å²) in [5, 5.41) is 13.9. The van der Waals surface area contributed by atoms with Gasteiger partial charge >= 0.3 is 0 Å². The Hall–Kier alpha value is -1.54. The average molecular weight is 1060 g/mol. The van der Waals surface area contributed by atoms with Crippen LogP contribution in [0.25, 0.3) is 0 Å². The molecule has 436 valence electrons. The Bertz CT molecular complexity index is 1340. The van der Waals surface area contributed by atoms with Crippen LogP contribution in [0.2, 0.25) is 0 Å². The van der Waals surface area contributed by atoms with Crippen molar-refractivity contribution in [1.82, 2.24) is 5.32 Å². The zero-order chi connectivity index (χ0) is 54.2. The molecule has 3 atom stereocenters. The van der Waals surface area contributed by atoms with Crippen LogP contribution in [0.1, 0.15) is 309 Å². The van der Waals surface area contributed by atoms with Gasteiger partial charge in [0.1, 0.15) is 13.2 Å². The first-order chi connectivity index (χ1) is 36.0. The summed E-state index contributed by atoms with van der Waals surface area (Å²) in [6, 6.07) is -0.910. The highest BCUT2D eigenvalue weighted by Crippen LogP contribution is 2.38. The molecular formula is C65H125N2O6P. The molecule has 0 aromatic heterocycles. The number of quaternary nitrogens is 1. The minimum Gasteiger partial charge on any atom is -0.756 e. The summed E-state index contributed by atoms with van der Waals surface area (Å²) in [7, 11) is 1.24. The third-order valence-electron chi connectivity index (χ3n) is 14.5. The van der Waals surface area contributed by atoms with Gasteiger partial charge in [-0.3, -0.25) is 9.36 Å². The zero-order valence-electron chi connectivity index (χ0n) is 49.8. The number of hydrogen-bond donors (Lipinski definition) is 2. The topological polar surface area (TPSA) is 108 Å². The van der Waals surface area contributed by atoms with E-state index in [4.69, 9.17) is 9.05 Å². The lowest BCUT2D eigenvalue weighted by atomic mass is 10.0. The lowest BCUT2D eigenvalue weighted by Crippen LogP contribution is -2.45. The Labute approximate surface area is 460 Å². The average Bonchev–Trinajstić information content (AvgIpc) is 3.36. The molecule has 0 aliphatic heterocycles. The molecule has 0 aromatic carbocycles. The first-order valence-electron chi connectivity index (χ1n) is 32.0. The lowest BCUT2D eigenvalue weighted by molar-refractivity contribution is -0.870. The van der Waals surface area contributed by atoms with Crippen LogP contribution in [-0.4, -0.2) is 68.5 Å². The Balaban J connectivity index is 4.11. The number of phosphoric ester groups is 1. The van der Waals surface area contributed by atoms with Gasteiger partial charge in [0.15, 0.2) is 0 Å². The molecule has 0 saturated heterocycles. The molecule has 74 heavy (non-hydrogen) atoms. The van der Waals surface area contributed by atoms with E-state index < -0.39 is 26.6 Å². The van der Waals surface area contributed by atoms with E-state index >= 15 is 0 Å². The van der Waals surface area contributed by atoms with E-state index in [0.29, 0.717) is 17.4 Å². The standard InChI is InChI=1S/C65H125N2O6P/c1-6-8-10-12-14-16-18-20-22-24-26-28-29-30-31-32-33-34-35-36-37-38-39-41-43-45-47-49-51-53-55-57-59-65(69)66-63(62-73-74(70,71)72-61-60-67(3,4)5)64(68)58-56-54-52-50-48-46-44-42-40-27-25-23-21-19-17-15-13-11-9-7-2/h30-31,40,42,48,50,56,58,63-64,68H,6-29,32-39,41,43-47,49,51-55,57,59-62H2,1-5H3,(H-,66,69,70,71)/b31-30-,42-40+,50-48+,58-56+. The third-order valence-corrected chi connectivity index (χ3v) is 15.5. The number of phosphoric acid groups is 1. The number of aliphatic hydroxyl groups is 1. The molecule has 2 N–H and O–H groups in total. The van der Waals surface area contributed by atoms with Crippen molar-refractivity contribution in [2.75, 3.05) is 40.9 Å². The maximum atomic E-state index is 13.0. The van der Waals surface area contributed by atoms with Crippen LogP contribution in [0.5, 0.6) is 0 Å². The van der Waals surface area contributed by atoms with E-state index in [2.05, 4.69) is 55.6 Å². The van der Waals surface area contributed by atoms with Crippen molar-refractivity contribution < 1.29 is 32.9 Å². The fraction of sp³-hybridized carbons (Fsp3) is 0.862. The predicted octanol–water partition coefficient (Wildman–Crippen LogP) is 19.2.